The Balaban J connectivity index is 2.42. The Morgan fingerprint density at radius 3 is 2.63 bits per heavy atom. The number of anilines is 2. The van der Waals surface area contributed by atoms with Gasteiger partial charge in [-0.25, -0.2) is 4.39 Å². The number of nitrogens with one attached hydrogen (secondary N) is 1. The highest BCUT2D eigenvalue weighted by molar-refractivity contribution is 9.10. The third kappa shape index (κ3) is 3.11. The first-order chi connectivity index (χ1) is 8.99. The minimum atomic E-state index is -0.286. The number of para-hydroxylation sites is 1. The van der Waals surface area contributed by atoms with Crippen molar-refractivity contribution in [1.82, 2.24) is 0 Å². The monoisotopic (exact) mass is 338 g/mol. The van der Waals surface area contributed by atoms with Gasteiger partial charge in [0.25, 0.3) is 0 Å². The molecule has 0 radical (unpaired) electrons. The topological polar surface area (TPSA) is 38.0 Å². The van der Waals surface area contributed by atoms with E-state index in [0.29, 0.717) is 9.46 Å². The number of rotatable bonds is 3. The maximum atomic E-state index is 13.4. The quantitative estimate of drug-likeness (QED) is 0.820. The first kappa shape index (κ1) is 14.0. The second-order valence-electron chi connectivity index (χ2n) is 4.12. The fourth-order valence-electron chi connectivity index (χ4n) is 1.73. The summed E-state index contributed by atoms with van der Waals surface area (Å²) in [4.78, 5) is 0.321. The van der Waals surface area contributed by atoms with Crippen LogP contribution in [0.4, 0.5) is 15.8 Å². The van der Waals surface area contributed by atoms with Crippen LogP contribution in [0, 0.1) is 12.7 Å². The van der Waals surface area contributed by atoms with E-state index >= 15 is 0 Å². The van der Waals surface area contributed by atoms with E-state index in [9.17, 15) is 4.39 Å². The largest absolute Gasteiger partial charge is 0.389 e. The molecule has 0 heterocycles. The number of hydrogen-bond acceptors (Lipinski definition) is 2. The van der Waals surface area contributed by atoms with Crippen molar-refractivity contribution in [2.75, 3.05) is 5.32 Å². The van der Waals surface area contributed by atoms with Crippen molar-refractivity contribution < 1.29 is 4.39 Å². The molecule has 2 nitrogen and oxygen atoms in total. The molecule has 2 aromatic carbocycles. The zero-order valence-corrected chi connectivity index (χ0v) is 12.6. The molecule has 0 aromatic heterocycles. The van der Waals surface area contributed by atoms with E-state index in [2.05, 4.69) is 21.2 Å². The third-order valence-corrected chi connectivity index (χ3v) is 3.56. The van der Waals surface area contributed by atoms with Gasteiger partial charge in [0.2, 0.25) is 0 Å². The maximum Gasteiger partial charge on any atom is 0.137 e. The lowest BCUT2D eigenvalue weighted by Gasteiger charge is -2.13. The molecule has 0 amide bonds. The predicted octanol–water partition coefficient (Wildman–Crippen LogP) is 4.27. The van der Waals surface area contributed by atoms with Crippen molar-refractivity contribution in [2.45, 2.75) is 6.92 Å². The molecule has 0 aliphatic heterocycles. The van der Waals surface area contributed by atoms with E-state index in [1.165, 1.54) is 6.07 Å². The van der Waals surface area contributed by atoms with Gasteiger partial charge in [-0.2, -0.15) is 0 Å². The lowest BCUT2D eigenvalue weighted by Crippen LogP contribution is -2.12. The molecule has 0 unspecified atom stereocenters. The van der Waals surface area contributed by atoms with Gasteiger partial charge in [-0.3, -0.25) is 0 Å². The van der Waals surface area contributed by atoms with Crippen molar-refractivity contribution in [3.05, 3.63) is 57.8 Å². The molecular formula is C14H12BrFN2S. The van der Waals surface area contributed by atoms with Gasteiger partial charge < -0.3 is 11.1 Å². The smallest absolute Gasteiger partial charge is 0.137 e. The standard InChI is InChI=1S/C14H12BrFN2S/c1-8-6-11(16)10(15)7-13(8)18-12-5-3-2-4-9(12)14(17)19/h2-7,18H,1H3,(H2,17,19). The molecule has 19 heavy (non-hydrogen) atoms. The molecule has 0 saturated heterocycles. The first-order valence-electron chi connectivity index (χ1n) is 5.60. The average Bonchev–Trinajstić information content (AvgIpc) is 2.36. The number of nitrogens with two attached hydrogens (primary N) is 1. The maximum absolute atomic E-state index is 13.4. The molecule has 5 heteroatoms. The van der Waals surface area contributed by atoms with Crippen LogP contribution in [0.3, 0.4) is 0 Å². The Labute approximate surface area is 124 Å². The Hall–Kier alpha value is -1.46. The van der Waals surface area contributed by atoms with Gasteiger partial charge in [0, 0.05) is 16.9 Å². The van der Waals surface area contributed by atoms with Gasteiger partial charge >= 0.3 is 0 Å². The summed E-state index contributed by atoms with van der Waals surface area (Å²) in [6.45, 7) is 1.83. The van der Waals surface area contributed by atoms with Crippen LogP contribution in [0.1, 0.15) is 11.1 Å². The fourth-order valence-corrected chi connectivity index (χ4v) is 2.25. The summed E-state index contributed by atoms with van der Waals surface area (Å²) < 4.78 is 13.8. The van der Waals surface area contributed by atoms with Crippen molar-refractivity contribution in [2.24, 2.45) is 5.73 Å². The van der Waals surface area contributed by atoms with Gasteiger partial charge in [0.05, 0.1) is 4.47 Å². The molecule has 0 spiro atoms. The molecule has 0 aliphatic carbocycles. The highest BCUT2D eigenvalue weighted by atomic mass is 79.9. The molecule has 2 rings (SSSR count). The molecule has 0 atom stereocenters. The van der Waals surface area contributed by atoms with E-state index in [-0.39, 0.29) is 5.82 Å². The summed E-state index contributed by atoms with van der Waals surface area (Å²) in [5.41, 5.74) is 8.85. The van der Waals surface area contributed by atoms with Crippen molar-refractivity contribution >= 4 is 44.5 Å². The third-order valence-electron chi connectivity index (χ3n) is 2.73. The molecule has 0 saturated carbocycles. The second-order valence-corrected chi connectivity index (χ2v) is 5.41. The first-order valence-corrected chi connectivity index (χ1v) is 6.80. The molecule has 0 fully saturated rings. The van der Waals surface area contributed by atoms with E-state index in [0.717, 1.165) is 22.5 Å². The number of halogens is 2. The van der Waals surface area contributed by atoms with Crippen LogP contribution < -0.4 is 11.1 Å². The van der Waals surface area contributed by atoms with E-state index in [1.807, 2.05) is 31.2 Å². The van der Waals surface area contributed by atoms with Gasteiger partial charge in [-0.05, 0) is 52.7 Å². The summed E-state index contributed by atoms with van der Waals surface area (Å²) in [6, 6.07) is 10.6. The Morgan fingerprint density at radius 2 is 1.95 bits per heavy atom. The van der Waals surface area contributed by atoms with Gasteiger partial charge in [-0.1, -0.05) is 24.4 Å². The van der Waals surface area contributed by atoms with Crippen LogP contribution in [-0.4, -0.2) is 4.99 Å². The van der Waals surface area contributed by atoms with Crippen molar-refractivity contribution in [1.29, 1.82) is 0 Å². The lowest BCUT2D eigenvalue weighted by molar-refractivity contribution is 0.620. The Kier molecular flexibility index (Phi) is 4.17. The highest BCUT2D eigenvalue weighted by Gasteiger charge is 2.08. The molecule has 0 aliphatic rings. The van der Waals surface area contributed by atoms with E-state index in [1.54, 1.807) is 6.07 Å². The predicted molar refractivity (Wildman–Crippen MR) is 84.4 cm³/mol. The Morgan fingerprint density at radius 1 is 1.26 bits per heavy atom. The average molecular weight is 339 g/mol. The fraction of sp³-hybridized carbons (Fsp3) is 0.0714. The molecule has 3 N–H and O–H groups in total. The number of aryl methyl sites for hydroxylation is 1. The van der Waals surface area contributed by atoms with Crippen LogP contribution >= 0.6 is 28.1 Å². The number of hydrogen-bond donors (Lipinski definition) is 2. The zero-order chi connectivity index (χ0) is 14.0. The summed E-state index contributed by atoms with van der Waals surface area (Å²) in [5.74, 6) is -0.286. The minimum Gasteiger partial charge on any atom is -0.389 e. The van der Waals surface area contributed by atoms with Crippen LogP contribution in [0.2, 0.25) is 0 Å². The van der Waals surface area contributed by atoms with Crippen molar-refractivity contribution in [3.63, 3.8) is 0 Å². The summed E-state index contributed by atoms with van der Waals surface area (Å²) in [6.07, 6.45) is 0. The summed E-state index contributed by atoms with van der Waals surface area (Å²) in [7, 11) is 0. The molecular weight excluding hydrogens is 327 g/mol. The normalized spacial score (nSPS) is 10.3. The van der Waals surface area contributed by atoms with Gasteiger partial charge in [0.1, 0.15) is 10.8 Å². The van der Waals surface area contributed by atoms with Gasteiger partial charge in [0.15, 0.2) is 0 Å². The van der Waals surface area contributed by atoms with Crippen molar-refractivity contribution in [3.8, 4) is 0 Å². The van der Waals surface area contributed by atoms with Gasteiger partial charge in [-0.15, -0.1) is 0 Å². The SMILES string of the molecule is Cc1cc(F)c(Br)cc1Nc1ccccc1C(N)=S. The summed E-state index contributed by atoms with van der Waals surface area (Å²) in [5, 5.41) is 3.23. The lowest BCUT2D eigenvalue weighted by atomic mass is 10.1. The van der Waals surface area contributed by atoms with Crippen LogP contribution in [0.5, 0.6) is 0 Å². The zero-order valence-electron chi connectivity index (χ0n) is 10.2. The second kappa shape index (κ2) is 5.67. The van der Waals surface area contributed by atoms with Crippen LogP contribution in [0.25, 0.3) is 0 Å². The highest BCUT2D eigenvalue weighted by Crippen LogP contribution is 2.28. The van der Waals surface area contributed by atoms with E-state index in [4.69, 9.17) is 18.0 Å². The summed E-state index contributed by atoms with van der Waals surface area (Å²) >= 11 is 8.19. The number of benzene rings is 2. The van der Waals surface area contributed by atoms with Crippen LogP contribution in [0.15, 0.2) is 40.9 Å². The molecule has 0 bridgehead atoms. The molecule has 2 aromatic rings. The Bertz CT molecular complexity index is 643. The molecule has 98 valence electrons. The number of thiocarbonyl (C=S) groups is 1. The minimum absolute atomic E-state index is 0.286. The van der Waals surface area contributed by atoms with Crippen LogP contribution in [-0.2, 0) is 0 Å². The van der Waals surface area contributed by atoms with E-state index < -0.39 is 0 Å².